The van der Waals surface area contributed by atoms with Crippen molar-refractivity contribution < 1.29 is 40.7 Å². The predicted molar refractivity (Wildman–Crippen MR) is 158 cm³/mol. The summed E-state index contributed by atoms with van der Waals surface area (Å²) >= 11 is 0. The number of Topliss-reactive ketones (excluding diaryl/α,β-unsaturated/α-hetero) is 2. The highest BCUT2D eigenvalue weighted by Crippen LogP contribution is 2.36. The lowest BCUT2D eigenvalue weighted by molar-refractivity contribution is -0.138. The molecule has 0 saturated carbocycles. The summed E-state index contributed by atoms with van der Waals surface area (Å²) in [5, 5.41) is 3.88. The van der Waals surface area contributed by atoms with Crippen molar-refractivity contribution in [2.24, 2.45) is 0 Å². The van der Waals surface area contributed by atoms with Gasteiger partial charge < -0.3 is 15.2 Å². The largest absolute Gasteiger partial charge is 0.417 e. The van der Waals surface area contributed by atoms with E-state index in [2.05, 4.69) is 10.3 Å². The van der Waals surface area contributed by atoms with Gasteiger partial charge in [0, 0.05) is 54.9 Å². The van der Waals surface area contributed by atoms with Crippen LogP contribution in [0.1, 0.15) is 37.4 Å². The Hall–Kier alpha value is -4.49. The molecule has 2 N–H and O–H groups in total. The maximum Gasteiger partial charge on any atom is 0.417 e. The third-order valence-electron chi connectivity index (χ3n) is 8.21. The van der Waals surface area contributed by atoms with E-state index in [0.29, 0.717) is 5.56 Å². The standard InChI is InChI=1S/C33H30F6N4O3/c1-42(2)28(44)18-43-27(30(45)21-10-3-6-12-23(21)32(34,35)36)17-41-26(15-19-16-40-25-14-8-5-9-20(19)25)29(43)31(46)22-11-4-7-13-24(22)33(37,38)39/h3-14,16,26-27,29,40-41H,15,17-18H2,1-2H3. The molecule has 13 heteroatoms. The van der Waals surface area contributed by atoms with Crippen LogP contribution in [0, 0.1) is 0 Å². The molecule has 5 rings (SSSR count). The van der Waals surface area contributed by atoms with Crippen LogP contribution >= 0.6 is 0 Å². The van der Waals surface area contributed by atoms with Crippen molar-refractivity contribution in [2.75, 3.05) is 27.2 Å². The van der Waals surface area contributed by atoms with Crippen LogP contribution in [0.15, 0.2) is 79.0 Å². The number of carbonyl (C=O) groups excluding carboxylic acids is 3. The first kappa shape index (κ1) is 32.9. The average Bonchev–Trinajstić information content (AvgIpc) is 3.42. The highest BCUT2D eigenvalue weighted by atomic mass is 19.4. The highest BCUT2D eigenvalue weighted by molar-refractivity contribution is 6.05. The molecule has 0 spiro atoms. The Morgan fingerprint density at radius 1 is 0.804 bits per heavy atom. The third-order valence-corrected chi connectivity index (χ3v) is 8.21. The van der Waals surface area contributed by atoms with Gasteiger partial charge in [0.1, 0.15) is 0 Å². The molecule has 3 atom stereocenters. The number of para-hydroxylation sites is 1. The number of aromatic nitrogens is 1. The lowest BCUT2D eigenvalue weighted by Crippen LogP contribution is -2.69. The molecule has 1 saturated heterocycles. The number of alkyl halides is 6. The van der Waals surface area contributed by atoms with E-state index >= 15 is 0 Å². The van der Waals surface area contributed by atoms with Gasteiger partial charge >= 0.3 is 12.4 Å². The molecule has 4 aromatic rings. The van der Waals surface area contributed by atoms with Gasteiger partial charge in [-0.25, -0.2) is 0 Å². The summed E-state index contributed by atoms with van der Waals surface area (Å²) in [5.41, 5.74) is -2.29. The molecule has 0 aliphatic carbocycles. The van der Waals surface area contributed by atoms with Crippen LogP contribution in [0.3, 0.4) is 0 Å². The quantitative estimate of drug-likeness (QED) is 0.193. The Labute approximate surface area is 260 Å². The number of nitrogens with one attached hydrogen (secondary N) is 2. The van der Waals surface area contributed by atoms with Gasteiger partial charge in [-0.2, -0.15) is 26.3 Å². The van der Waals surface area contributed by atoms with E-state index in [0.717, 1.165) is 52.2 Å². The predicted octanol–water partition coefficient (Wildman–Crippen LogP) is 5.61. The van der Waals surface area contributed by atoms with Gasteiger partial charge in [-0.1, -0.05) is 54.6 Å². The van der Waals surface area contributed by atoms with Gasteiger partial charge in [0.25, 0.3) is 0 Å². The zero-order valence-corrected chi connectivity index (χ0v) is 24.7. The van der Waals surface area contributed by atoms with Gasteiger partial charge in [0.15, 0.2) is 11.6 Å². The van der Waals surface area contributed by atoms with E-state index in [1.807, 2.05) is 18.2 Å². The van der Waals surface area contributed by atoms with Crippen LogP contribution in [0.4, 0.5) is 26.3 Å². The Morgan fingerprint density at radius 2 is 1.35 bits per heavy atom. The maximum atomic E-state index is 14.4. The molecule has 2 heterocycles. The lowest BCUT2D eigenvalue weighted by Gasteiger charge is -2.46. The summed E-state index contributed by atoms with van der Waals surface area (Å²) in [6, 6.07) is 11.6. The van der Waals surface area contributed by atoms with E-state index in [4.69, 9.17) is 0 Å². The number of carbonyl (C=O) groups is 3. The second kappa shape index (κ2) is 12.7. The van der Waals surface area contributed by atoms with Crippen LogP contribution in [0.2, 0.25) is 0 Å². The van der Waals surface area contributed by atoms with Gasteiger partial charge in [0.05, 0.1) is 29.8 Å². The van der Waals surface area contributed by atoms with Crippen LogP contribution in [-0.4, -0.2) is 77.6 Å². The second-order valence-corrected chi connectivity index (χ2v) is 11.3. The number of rotatable bonds is 8. The minimum atomic E-state index is -4.91. The van der Waals surface area contributed by atoms with Gasteiger partial charge in [-0.3, -0.25) is 19.3 Å². The van der Waals surface area contributed by atoms with Crippen LogP contribution in [0.5, 0.6) is 0 Å². The Kier molecular flexibility index (Phi) is 9.09. The molecule has 3 unspecified atom stereocenters. The maximum absolute atomic E-state index is 14.4. The molecule has 242 valence electrons. The van der Waals surface area contributed by atoms with E-state index in [1.54, 1.807) is 12.3 Å². The molecule has 1 aromatic heterocycles. The van der Waals surface area contributed by atoms with Crippen LogP contribution in [-0.2, 0) is 23.6 Å². The monoisotopic (exact) mass is 644 g/mol. The second-order valence-electron chi connectivity index (χ2n) is 11.3. The molecule has 1 aliphatic rings. The molecule has 46 heavy (non-hydrogen) atoms. The minimum Gasteiger partial charge on any atom is -0.361 e. The zero-order valence-electron chi connectivity index (χ0n) is 24.7. The van der Waals surface area contributed by atoms with Crippen molar-refractivity contribution in [3.63, 3.8) is 0 Å². The first-order valence-electron chi connectivity index (χ1n) is 14.3. The fourth-order valence-corrected chi connectivity index (χ4v) is 5.95. The van der Waals surface area contributed by atoms with Crippen LogP contribution < -0.4 is 5.32 Å². The minimum absolute atomic E-state index is 0.0846. The Bertz CT molecular complexity index is 1760. The molecular formula is C33H30F6N4O3. The van der Waals surface area contributed by atoms with Gasteiger partial charge in [-0.05, 0) is 30.2 Å². The van der Waals surface area contributed by atoms with E-state index in [-0.39, 0.29) is 13.0 Å². The molecule has 1 amide bonds. The molecule has 7 nitrogen and oxygen atoms in total. The number of likely N-dealkylation sites (N-methyl/N-ethyl adjacent to an activating group) is 1. The number of halogens is 6. The average molecular weight is 645 g/mol. The van der Waals surface area contributed by atoms with E-state index in [9.17, 15) is 40.7 Å². The molecular weight excluding hydrogens is 614 g/mol. The SMILES string of the molecule is CN(C)C(=O)CN1C(C(=O)c2ccccc2C(F)(F)F)CNC(Cc2c[nH]c3ccccc23)C1C(=O)c1ccccc1C(F)(F)F. The zero-order chi connectivity index (χ0) is 33.4. The third kappa shape index (κ3) is 6.56. The number of H-pyrrole nitrogens is 1. The topological polar surface area (TPSA) is 85.5 Å². The fraction of sp³-hybridized carbons (Fsp3) is 0.303. The summed E-state index contributed by atoms with van der Waals surface area (Å²) in [7, 11) is 2.83. The van der Waals surface area contributed by atoms with Gasteiger partial charge in [0.2, 0.25) is 5.91 Å². The first-order valence-corrected chi connectivity index (χ1v) is 14.3. The Balaban J connectivity index is 1.66. The summed E-state index contributed by atoms with van der Waals surface area (Å²) in [6.45, 7) is -0.891. The van der Waals surface area contributed by atoms with Crippen molar-refractivity contribution in [2.45, 2.75) is 36.9 Å². The molecule has 1 fully saturated rings. The van der Waals surface area contributed by atoms with Crippen molar-refractivity contribution in [1.29, 1.82) is 0 Å². The van der Waals surface area contributed by atoms with Crippen molar-refractivity contribution in [3.05, 3.63) is 107 Å². The summed E-state index contributed by atoms with van der Waals surface area (Å²) in [5.74, 6) is -2.66. The first-order chi connectivity index (χ1) is 21.7. The van der Waals surface area contributed by atoms with E-state index < -0.39 is 76.8 Å². The van der Waals surface area contributed by atoms with E-state index in [1.165, 1.54) is 31.1 Å². The number of hydrogen-bond donors (Lipinski definition) is 2. The van der Waals surface area contributed by atoms with Crippen molar-refractivity contribution >= 4 is 28.4 Å². The lowest BCUT2D eigenvalue weighted by atomic mass is 9.85. The number of fused-ring (bicyclic) bond motifs is 1. The summed E-state index contributed by atoms with van der Waals surface area (Å²) < 4.78 is 84.3. The normalized spacial score (nSPS) is 19.3. The fourth-order valence-electron chi connectivity index (χ4n) is 5.95. The highest BCUT2D eigenvalue weighted by Gasteiger charge is 2.48. The number of piperazine rings is 1. The van der Waals surface area contributed by atoms with Crippen LogP contribution in [0.25, 0.3) is 10.9 Å². The molecule has 3 aromatic carbocycles. The Morgan fingerprint density at radius 3 is 1.93 bits per heavy atom. The number of benzene rings is 3. The smallest absolute Gasteiger partial charge is 0.361 e. The summed E-state index contributed by atoms with van der Waals surface area (Å²) in [4.78, 5) is 46.9. The van der Waals surface area contributed by atoms with Crippen molar-refractivity contribution in [3.8, 4) is 0 Å². The molecule has 0 radical (unpaired) electrons. The van der Waals surface area contributed by atoms with Crippen molar-refractivity contribution in [1.82, 2.24) is 20.1 Å². The summed E-state index contributed by atoms with van der Waals surface area (Å²) in [6.07, 6.45) is -8.02. The number of nitrogens with zero attached hydrogens (tertiary/aromatic N) is 2. The van der Waals surface area contributed by atoms with Gasteiger partial charge in [-0.15, -0.1) is 0 Å². The number of amides is 1. The number of hydrogen-bond acceptors (Lipinski definition) is 5. The number of aromatic amines is 1. The molecule has 1 aliphatic heterocycles. The molecule has 0 bridgehead atoms. The number of ketones is 2.